The van der Waals surface area contributed by atoms with Crippen molar-refractivity contribution in [3.63, 3.8) is 0 Å². The van der Waals surface area contributed by atoms with Crippen LogP contribution >= 0.6 is 11.6 Å². The lowest BCUT2D eigenvalue weighted by Gasteiger charge is -2.09. The van der Waals surface area contributed by atoms with Crippen LogP contribution < -0.4 is 11.1 Å². The molecule has 0 fully saturated rings. The number of hydrogen-bond acceptors (Lipinski definition) is 3. The summed E-state index contributed by atoms with van der Waals surface area (Å²) in [6, 6.07) is 5.35. The smallest absolute Gasteiger partial charge is 0.127 e. The minimum Gasteiger partial charge on any atom is -0.397 e. The molecule has 4 nitrogen and oxygen atoms in total. The molecule has 3 N–H and O–H groups in total. The van der Waals surface area contributed by atoms with E-state index in [4.69, 9.17) is 17.3 Å². The second-order valence-electron chi connectivity index (χ2n) is 3.54. The molecule has 0 spiro atoms. The van der Waals surface area contributed by atoms with Crippen molar-refractivity contribution >= 4 is 23.0 Å². The van der Waals surface area contributed by atoms with Crippen molar-refractivity contribution in [2.45, 2.75) is 6.54 Å². The Morgan fingerprint density at radius 2 is 2.31 bits per heavy atom. The molecule has 84 valence electrons. The molecule has 16 heavy (non-hydrogen) atoms. The molecule has 0 atom stereocenters. The average molecular weight is 237 g/mol. The van der Waals surface area contributed by atoms with E-state index in [1.54, 1.807) is 24.4 Å². The average Bonchev–Trinajstić information content (AvgIpc) is 2.66. The van der Waals surface area contributed by atoms with Crippen molar-refractivity contribution in [2.24, 2.45) is 7.05 Å². The van der Waals surface area contributed by atoms with Gasteiger partial charge in [0.2, 0.25) is 0 Å². The first-order valence-electron chi connectivity index (χ1n) is 4.92. The lowest BCUT2D eigenvalue weighted by molar-refractivity contribution is 0.813. The van der Waals surface area contributed by atoms with Gasteiger partial charge < -0.3 is 15.6 Å². The summed E-state index contributed by atoms with van der Waals surface area (Å²) >= 11 is 5.89. The SMILES string of the molecule is Cn1ccnc1CNc1cc(Cl)ccc1N. The van der Waals surface area contributed by atoms with Crippen LogP contribution in [-0.2, 0) is 13.6 Å². The topological polar surface area (TPSA) is 55.9 Å². The normalized spacial score (nSPS) is 10.4. The molecule has 2 aromatic rings. The van der Waals surface area contributed by atoms with Crippen LogP contribution in [0.3, 0.4) is 0 Å². The van der Waals surface area contributed by atoms with Crippen LogP contribution in [0, 0.1) is 0 Å². The van der Waals surface area contributed by atoms with Crippen LogP contribution in [0.1, 0.15) is 5.82 Å². The van der Waals surface area contributed by atoms with E-state index in [2.05, 4.69) is 10.3 Å². The summed E-state index contributed by atoms with van der Waals surface area (Å²) in [4.78, 5) is 4.21. The molecular weight excluding hydrogens is 224 g/mol. The number of nitrogen functional groups attached to an aromatic ring is 1. The van der Waals surface area contributed by atoms with Crippen molar-refractivity contribution in [1.82, 2.24) is 9.55 Å². The number of benzene rings is 1. The molecule has 1 aromatic heterocycles. The van der Waals surface area contributed by atoms with Crippen molar-refractivity contribution < 1.29 is 0 Å². The standard InChI is InChI=1S/C11H13ClN4/c1-16-5-4-14-11(16)7-15-10-6-8(12)2-3-9(10)13/h2-6,15H,7,13H2,1H3. The zero-order chi connectivity index (χ0) is 11.5. The number of nitrogens with two attached hydrogens (primary N) is 1. The Kier molecular flexibility index (Phi) is 3.01. The quantitative estimate of drug-likeness (QED) is 0.804. The van der Waals surface area contributed by atoms with Gasteiger partial charge in [0, 0.05) is 24.5 Å². The minimum absolute atomic E-state index is 0.619. The maximum atomic E-state index is 5.89. The van der Waals surface area contributed by atoms with Gasteiger partial charge in [-0.05, 0) is 18.2 Å². The van der Waals surface area contributed by atoms with E-state index in [1.165, 1.54) is 0 Å². The Hall–Kier alpha value is -1.68. The number of halogens is 1. The van der Waals surface area contributed by atoms with E-state index >= 15 is 0 Å². The summed E-state index contributed by atoms with van der Waals surface area (Å²) in [5, 5.41) is 3.87. The molecule has 0 unspecified atom stereocenters. The summed E-state index contributed by atoms with van der Waals surface area (Å²) in [7, 11) is 1.95. The van der Waals surface area contributed by atoms with Gasteiger partial charge in [-0.25, -0.2) is 4.98 Å². The van der Waals surface area contributed by atoms with Crippen LogP contribution in [0.5, 0.6) is 0 Å². The molecule has 1 heterocycles. The molecule has 0 amide bonds. The number of rotatable bonds is 3. The van der Waals surface area contributed by atoms with Crippen LogP contribution in [0.25, 0.3) is 0 Å². The fraction of sp³-hybridized carbons (Fsp3) is 0.182. The molecule has 1 aromatic carbocycles. The Morgan fingerprint density at radius 3 is 3.00 bits per heavy atom. The first-order chi connectivity index (χ1) is 7.66. The van der Waals surface area contributed by atoms with E-state index in [-0.39, 0.29) is 0 Å². The molecule has 0 saturated carbocycles. The Bertz CT molecular complexity index is 492. The zero-order valence-corrected chi connectivity index (χ0v) is 9.70. The van der Waals surface area contributed by atoms with E-state index in [1.807, 2.05) is 17.8 Å². The second kappa shape index (κ2) is 4.45. The predicted octanol–water partition coefficient (Wildman–Crippen LogP) is 2.27. The first-order valence-corrected chi connectivity index (χ1v) is 5.29. The summed E-state index contributed by atoms with van der Waals surface area (Å²) in [5.74, 6) is 0.944. The fourth-order valence-electron chi connectivity index (χ4n) is 1.42. The maximum absolute atomic E-state index is 5.89. The van der Waals surface area contributed by atoms with E-state index in [0.717, 1.165) is 11.5 Å². The van der Waals surface area contributed by atoms with E-state index < -0.39 is 0 Å². The van der Waals surface area contributed by atoms with Crippen LogP contribution in [-0.4, -0.2) is 9.55 Å². The van der Waals surface area contributed by atoms with Gasteiger partial charge in [0.15, 0.2) is 0 Å². The van der Waals surface area contributed by atoms with Crippen molar-refractivity contribution in [2.75, 3.05) is 11.1 Å². The summed E-state index contributed by atoms with van der Waals surface area (Å²) in [5.41, 5.74) is 7.33. The van der Waals surface area contributed by atoms with Gasteiger partial charge in [0.05, 0.1) is 17.9 Å². The Morgan fingerprint density at radius 1 is 1.50 bits per heavy atom. The number of nitrogens with zero attached hydrogens (tertiary/aromatic N) is 2. The van der Waals surface area contributed by atoms with Crippen LogP contribution in [0.15, 0.2) is 30.6 Å². The third-order valence-corrected chi connectivity index (χ3v) is 2.61. The molecule has 5 heteroatoms. The fourth-order valence-corrected chi connectivity index (χ4v) is 1.59. The predicted molar refractivity (Wildman–Crippen MR) is 66.4 cm³/mol. The van der Waals surface area contributed by atoms with Gasteiger partial charge in [0.1, 0.15) is 5.82 Å². The third kappa shape index (κ3) is 2.28. The van der Waals surface area contributed by atoms with Gasteiger partial charge in [-0.2, -0.15) is 0 Å². The zero-order valence-electron chi connectivity index (χ0n) is 8.94. The first kappa shape index (κ1) is 10.8. The highest BCUT2D eigenvalue weighted by Crippen LogP contribution is 2.23. The van der Waals surface area contributed by atoms with Crippen LogP contribution in [0.2, 0.25) is 5.02 Å². The summed E-state index contributed by atoms with van der Waals surface area (Å²) in [6.45, 7) is 0.619. The number of anilines is 2. The third-order valence-electron chi connectivity index (χ3n) is 2.37. The second-order valence-corrected chi connectivity index (χ2v) is 3.98. The highest BCUT2D eigenvalue weighted by molar-refractivity contribution is 6.31. The lowest BCUT2D eigenvalue weighted by Crippen LogP contribution is -2.07. The van der Waals surface area contributed by atoms with Crippen molar-refractivity contribution in [3.8, 4) is 0 Å². The van der Waals surface area contributed by atoms with Gasteiger partial charge in [-0.1, -0.05) is 11.6 Å². The minimum atomic E-state index is 0.619. The number of aromatic nitrogens is 2. The molecule has 0 aliphatic heterocycles. The van der Waals surface area contributed by atoms with Gasteiger partial charge in [-0.3, -0.25) is 0 Å². The molecular formula is C11H13ClN4. The van der Waals surface area contributed by atoms with E-state index in [9.17, 15) is 0 Å². The molecule has 0 radical (unpaired) electrons. The largest absolute Gasteiger partial charge is 0.397 e. The number of imidazole rings is 1. The highest BCUT2D eigenvalue weighted by atomic mass is 35.5. The maximum Gasteiger partial charge on any atom is 0.127 e. The van der Waals surface area contributed by atoms with Crippen molar-refractivity contribution in [1.29, 1.82) is 0 Å². The number of hydrogen-bond donors (Lipinski definition) is 2. The van der Waals surface area contributed by atoms with Gasteiger partial charge in [-0.15, -0.1) is 0 Å². The summed E-state index contributed by atoms with van der Waals surface area (Å²) < 4.78 is 1.95. The molecule has 0 aliphatic rings. The van der Waals surface area contributed by atoms with Gasteiger partial charge >= 0.3 is 0 Å². The van der Waals surface area contributed by atoms with Crippen LogP contribution in [0.4, 0.5) is 11.4 Å². The Balaban J connectivity index is 2.10. The molecule has 0 saturated heterocycles. The Labute approximate surface area is 99.1 Å². The van der Waals surface area contributed by atoms with Gasteiger partial charge in [0.25, 0.3) is 0 Å². The molecule has 0 bridgehead atoms. The van der Waals surface area contributed by atoms with Crippen molar-refractivity contribution in [3.05, 3.63) is 41.4 Å². The molecule has 0 aliphatic carbocycles. The highest BCUT2D eigenvalue weighted by Gasteiger charge is 2.02. The summed E-state index contributed by atoms with van der Waals surface area (Å²) in [6.07, 6.45) is 3.66. The monoisotopic (exact) mass is 236 g/mol. The molecule has 2 rings (SSSR count). The van der Waals surface area contributed by atoms with E-state index in [0.29, 0.717) is 17.3 Å². The lowest BCUT2D eigenvalue weighted by atomic mass is 10.2. The number of aryl methyl sites for hydroxylation is 1. The number of nitrogens with one attached hydrogen (secondary N) is 1.